The maximum atomic E-state index is 13.1. The number of methoxy groups -OCH3 is 1. The third-order valence-corrected chi connectivity index (χ3v) is 6.10. The summed E-state index contributed by atoms with van der Waals surface area (Å²) in [6, 6.07) is 4.26. The van der Waals surface area contributed by atoms with Gasteiger partial charge in [-0.1, -0.05) is 11.6 Å². The highest BCUT2D eigenvalue weighted by Gasteiger charge is 2.35. The molecule has 1 atom stereocenters. The Hall–Kier alpha value is -2.72. The Morgan fingerprint density at radius 3 is 2.81 bits per heavy atom. The Kier molecular flexibility index (Phi) is 6.10. The van der Waals surface area contributed by atoms with Crippen LogP contribution >= 0.6 is 11.6 Å². The zero-order chi connectivity index (χ0) is 22.1. The van der Waals surface area contributed by atoms with E-state index < -0.39 is 4.92 Å². The van der Waals surface area contributed by atoms with Crippen LogP contribution in [0, 0.1) is 10.1 Å². The molecule has 1 saturated heterocycles. The second-order valence-electron chi connectivity index (χ2n) is 7.97. The van der Waals surface area contributed by atoms with Crippen LogP contribution in [0.4, 0.5) is 5.69 Å². The fourth-order valence-corrected chi connectivity index (χ4v) is 4.24. The van der Waals surface area contributed by atoms with Gasteiger partial charge in [0.15, 0.2) is 0 Å². The maximum Gasteiger partial charge on any atom is 0.346 e. The minimum absolute atomic E-state index is 0.00637. The molecular weight excluding hydrogens is 426 g/mol. The number of likely N-dealkylation sites (tertiary alicyclic amines) is 1. The Morgan fingerprint density at radius 2 is 2.13 bits per heavy atom. The number of benzene rings is 1. The van der Waals surface area contributed by atoms with Gasteiger partial charge in [-0.05, 0) is 37.8 Å². The Morgan fingerprint density at radius 1 is 1.35 bits per heavy atom. The topological polar surface area (TPSA) is 112 Å². The van der Waals surface area contributed by atoms with Crippen molar-refractivity contribution in [3.8, 4) is 0 Å². The van der Waals surface area contributed by atoms with Gasteiger partial charge in [-0.25, -0.2) is 9.48 Å². The molecule has 0 bridgehead atoms. The van der Waals surface area contributed by atoms with Gasteiger partial charge in [-0.15, -0.1) is 0 Å². The van der Waals surface area contributed by atoms with Gasteiger partial charge >= 0.3 is 5.69 Å². The summed E-state index contributed by atoms with van der Waals surface area (Å²) in [5.41, 5.74) is -0.200. The number of carbonyl (C=O) groups excluding carboxylic acids is 1. The van der Waals surface area contributed by atoms with Crippen molar-refractivity contribution in [3.63, 3.8) is 0 Å². The number of carbonyl (C=O) groups is 1. The van der Waals surface area contributed by atoms with Crippen LogP contribution in [0.2, 0.25) is 5.02 Å². The van der Waals surface area contributed by atoms with Gasteiger partial charge in [0.1, 0.15) is 10.8 Å². The van der Waals surface area contributed by atoms with Crippen LogP contribution in [0.5, 0.6) is 0 Å². The van der Waals surface area contributed by atoms with Crippen LogP contribution in [-0.4, -0.2) is 56.9 Å². The summed E-state index contributed by atoms with van der Waals surface area (Å²) >= 11 is 5.87. The molecule has 2 fully saturated rings. The Bertz CT molecular complexity index is 1060. The fourth-order valence-electron chi connectivity index (χ4n) is 4.06. The number of nitro groups is 1. The first-order chi connectivity index (χ1) is 14.9. The van der Waals surface area contributed by atoms with Crippen LogP contribution in [0.3, 0.4) is 0 Å². The van der Waals surface area contributed by atoms with E-state index in [1.54, 1.807) is 16.6 Å². The molecule has 1 aromatic carbocycles. The first-order valence-electron chi connectivity index (χ1n) is 10.3. The number of hydrogen-bond donors (Lipinski definition) is 0. The lowest BCUT2D eigenvalue weighted by Crippen LogP contribution is -2.40. The third-order valence-electron chi connectivity index (χ3n) is 5.78. The van der Waals surface area contributed by atoms with Gasteiger partial charge in [0.2, 0.25) is 0 Å². The number of nitrogens with zero attached hydrogens (tertiary/aromatic N) is 5. The van der Waals surface area contributed by atoms with E-state index in [0.717, 1.165) is 25.7 Å². The van der Waals surface area contributed by atoms with E-state index >= 15 is 0 Å². The predicted molar refractivity (Wildman–Crippen MR) is 113 cm³/mol. The highest BCUT2D eigenvalue weighted by atomic mass is 35.5. The number of rotatable bonds is 7. The molecule has 0 spiro atoms. The zero-order valence-corrected chi connectivity index (χ0v) is 18.0. The molecule has 1 amide bonds. The van der Waals surface area contributed by atoms with Crippen molar-refractivity contribution >= 4 is 23.2 Å². The second-order valence-corrected chi connectivity index (χ2v) is 8.38. The van der Waals surface area contributed by atoms with Gasteiger partial charge in [-0.2, -0.15) is 5.10 Å². The number of hydrogen-bond acceptors (Lipinski definition) is 6. The molecule has 2 heterocycles. The van der Waals surface area contributed by atoms with E-state index in [9.17, 15) is 19.7 Å². The van der Waals surface area contributed by atoms with Crippen molar-refractivity contribution in [2.75, 3.05) is 26.8 Å². The van der Waals surface area contributed by atoms with E-state index in [4.69, 9.17) is 16.3 Å². The molecular formula is C20H24ClN5O5. The number of aromatic nitrogens is 3. The van der Waals surface area contributed by atoms with E-state index in [0.29, 0.717) is 32.1 Å². The number of piperidine rings is 1. The van der Waals surface area contributed by atoms with Crippen LogP contribution in [0.25, 0.3) is 0 Å². The minimum atomic E-state index is -0.598. The molecule has 4 rings (SSSR count). The molecule has 31 heavy (non-hydrogen) atoms. The standard InChI is InChI=1S/C20H24ClN5O5/c1-31-10-9-24-20(28)25(15-5-6-15)18(22-24)14-3-2-8-23(12-14)19(27)13-4-7-16(21)17(11-13)26(29)30/h4,7,11,14-15H,2-3,5-6,8-10,12H2,1H3. The molecule has 1 saturated carbocycles. The lowest BCUT2D eigenvalue weighted by atomic mass is 9.96. The summed E-state index contributed by atoms with van der Waals surface area (Å²) in [6.07, 6.45) is 3.48. The SMILES string of the molecule is COCCn1nc(C2CCCN(C(=O)c3ccc(Cl)c([N+](=O)[O-])c3)C2)n(C2CC2)c1=O. The molecule has 10 nitrogen and oxygen atoms in total. The van der Waals surface area contributed by atoms with Crippen molar-refractivity contribution in [2.45, 2.75) is 44.2 Å². The molecule has 166 valence electrons. The van der Waals surface area contributed by atoms with Crippen molar-refractivity contribution in [2.24, 2.45) is 0 Å². The monoisotopic (exact) mass is 449 g/mol. The maximum absolute atomic E-state index is 13.1. The number of nitro benzene ring substituents is 1. The zero-order valence-electron chi connectivity index (χ0n) is 17.2. The number of amides is 1. The van der Waals surface area contributed by atoms with Gasteiger partial charge in [0.05, 0.1) is 18.1 Å². The Labute approximate surface area is 183 Å². The molecule has 1 aliphatic heterocycles. The normalized spacial score (nSPS) is 18.9. The summed E-state index contributed by atoms with van der Waals surface area (Å²) in [5.74, 6) is 0.351. The van der Waals surface area contributed by atoms with E-state index in [1.807, 2.05) is 0 Å². The van der Waals surface area contributed by atoms with Crippen LogP contribution in [0.15, 0.2) is 23.0 Å². The van der Waals surface area contributed by atoms with Crippen LogP contribution in [0.1, 0.15) is 53.8 Å². The third kappa shape index (κ3) is 4.35. The highest BCUT2D eigenvalue weighted by molar-refractivity contribution is 6.32. The van der Waals surface area contributed by atoms with Gasteiger partial charge < -0.3 is 9.64 Å². The van der Waals surface area contributed by atoms with E-state index in [2.05, 4.69) is 5.10 Å². The predicted octanol–water partition coefficient (Wildman–Crippen LogP) is 2.61. The van der Waals surface area contributed by atoms with Crippen molar-refractivity contribution in [3.05, 3.63) is 55.2 Å². The average Bonchev–Trinajstić information content (AvgIpc) is 3.55. The second kappa shape index (κ2) is 8.80. The summed E-state index contributed by atoms with van der Waals surface area (Å²) in [7, 11) is 1.58. The molecule has 1 unspecified atom stereocenters. The van der Waals surface area contributed by atoms with Crippen molar-refractivity contribution < 1.29 is 14.5 Å². The van der Waals surface area contributed by atoms with Gasteiger partial charge in [0, 0.05) is 43.8 Å². The van der Waals surface area contributed by atoms with Crippen LogP contribution in [-0.2, 0) is 11.3 Å². The minimum Gasteiger partial charge on any atom is -0.383 e. The van der Waals surface area contributed by atoms with Crippen LogP contribution < -0.4 is 5.69 Å². The molecule has 1 aromatic heterocycles. The van der Waals surface area contributed by atoms with Gasteiger partial charge in [0.25, 0.3) is 11.6 Å². The summed E-state index contributed by atoms with van der Waals surface area (Å²) in [5, 5.41) is 15.8. The first-order valence-corrected chi connectivity index (χ1v) is 10.7. The number of halogens is 1. The summed E-state index contributed by atoms with van der Waals surface area (Å²) < 4.78 is 8.31. The van der Waals surface area contributed by atoms with Gasteiger partial charge in [-0.3, -0.25) is 19.5 Å². The largest absolute Gasteiger partial charge is 0.383 e. The quantitative estimate of drug-likeness (QED) is 0.474. The molecule has 11 heteroatoms. The Balaban J connectivity index is 1.58. The average molecular weight is 450 g/mol. The summed E-state index contributed by atoms with van der Waals surface area (Å²) in [4.78, 5) is 38.1. The first kappa shape index (κ1) is 21.5. The lowest BCUT2D eigenvalue weighted by Gasteiger charge is -2.32. The highest BCUT2D eigenvalue weighted by Crippen LogP contribution is 2.37. The molecule has 0 radical (unpaired) electrons. The lowest BCUT2D eigenvalue weighted by molar-refractivity contribution is -0.384. The van der Waals surface area contributed by atoms with E-state index in [1.165, 1.54) is 22.9 Å². The molecule has 2 aromatic rings. The summed E-state index contributed by atoms with van der Waals surface area (Å²) in [6.45, 7) is 1.73. The molecule has 2 aliphatic rings. The van der Waals surface area contributed by atoms with E-state index in [-0.39, 0.29) is 39.8 Å². The molecule has 0 N–H and O–H groups in total. The molecule has 1 aliphatic carbocycles. The van der Waals surface area contributed by atoms with Crippen molar-refractivity contribution in [1.82, 2.24) is 19.2 Å². The smallest absolute Gasteiger partial charge is 0.346 e. The van der Waals surface area contributed by atoms with Crippen molar-refractivity contribution in [1.29, 1.82) is 0 Å². The number of ether oxygens (including phenoxy) is 1. The fraction of sp³-hybridized carbons (Fsp3) is 0.550.